The molecule has 0 saturated carbocycles. The SMILES string of the molecule is CCOC(=O)c1cc(C(=O)C(C)(C)C)nn(-c2ccccc2C)c1=O. The first-order chi connectivity index (χ1) is 11.7. The molecule has 0 atom stereocenters. The van der Waals surface area contributed by atoms with E-state index in [9.17, 15) is 14.4 Å². The Bertz CT molecular complexity index is 876. The summed E-state index contributed by atoms with van der Waals surface area (Å²) in [4.78, 5) is 37.6. The van der Waals surface area contributed by atoms with Crippen molar-refractivity contribution in [1.82, 2.24) is 9.78 Å². The van der Waals surface area contributed by atoms with Gasteiger partial charge in [0.25, 0.3) is 5.56 Å². The van der Waals surface area contributed by atoms with E-state index in [-0.39, 0.29) is 23.6 Å². The van der Waals surface area contributed by atoms with Crippen molar-refractivity contribution >= 4 is 11.8 Å². The molecule has 0 fully saturated rings. The quantitative estimate of drug-likeness (QED) is 0.630. The summed E-state index contributed by atoms with van der Waals surface area (Å²) < 4.78 is 6.06. The van der Waals surface area contributed by atoms with Crippen LogP contribution in [0.2, 0.25) is 0 Å². The van der Waals surface area contributed by atoms with Crippen molar-refractivity contribution < 1.29 is 14.3 Å². The number of ketones is 1. The number of aromatic nitrogens is 2. The zero-order valence-electron chi connectivity index (χ0n) is 15.1. The fourth-order valence-electron chi connectivity index (χ4n) is 2.31. The maximum absolute atomic E-state index is 12.8. The molecule has 0 unspecified atom stereocenters. The lowest BCUT2D eigenvalue weighted by molar-refractivity contribution is 0.0523. The highest BCUT2D eigenvalue weighted by atomic mass is 16.5. The molecule has 0 bridgehead atoms. The molecule has 25 heavy (non-hydrogen) atoms. The molecule has 0 aliphatic rings. The summed E-state index contributed by atoms with van der Waals surface area (Å²) in [6.07, 6.45) is 0. The first-order valence-corrected chi connectivity index (χ1v) is 8.09. The maximum atomic E-state index is 12.8. The number of carbonyl (C=O) groups excluding carboxylic acids is 2. The number of hydrogen-bond acceptors (Lipinski definition) is 5. The van der Waals surface area contributed by atoms with Gasteiger partial charge in [-0.3, -0.25) is 9.59 Å². The van der Waals surface area contributed by atoms with E-state index in [1.54, 1.807) is 39.8 Å². The van der Waals surface area contributed by atoms with Gasteiger partial charge in [0.2, 0.25) is 0 Å². The van der Waals surface area contributed by atoms with E-state index in [1.165, 1.54) is 6.07 Å². The van der Waals surface area contributed by atoms with Crippen molar-refractivity contribution in [3.8, 4) is 5.69 Å². The second kappa shape index (κ2) is 7.01. The average Bonchev–Trinajstić information content (AvgIpc) is 2.54. The van der Waals surface area contributed by atoms with Gasteiger partial charge in [-0.05, 0) is 31.5 Å². The van der Waals surface area contributed by atoms with Crippen LogP contribution < -0.4 is 5.56 Å². The van der Waals surface area contributed by atoms with Gasteiger partial charge in [0.1, 0.15) is 11.3 Å². The average molecular weight is 342 g/mol. The highest BCUT2D eigenvalue weighted by Crippen LogP contribution is 2.20. The van der Waals surface area contributed by atoms with Crippen LogP contribution in [0.4, 0.5) is 0 Å². The van der Waals surface area contributed by atoms with Crippen LogP contribution >= 0.6 is 0 Å². The smallest absolute Gasteiger partial charge is 0.343 e. The van der Waals surface area contributed by atoms with Gasteiger partial charge in [0.15, 0.2) is 5.78 Å². The van der Waals surface area contributed by atoms with Gasteiger partial charge in [-0.2, -0.15) is 9.78 Å². The van der Waals surface area contributed by atoms with Crippen molar-refractivity contribution in [3.05, 3.63) is 57.5 Å². The van der Waals surface area contributed by atoms with E-state index in [1.807, 2.05) is 19.1 Å². The number of benzene rings is 1. The van der Waals surface area contributed by atoms with Crippen LogP contribution in [0, 0.1) is 12.3 Å². The number of rotatable bonds is 4. The third-order valence-corrected chi connectivity index (χ3v) is 3.66. The number of nitrogens with zero attached hydrogens (tertiary/aromatic N) is 2. The Morgan fingerprint density at radius 3 is 2.40 bits per heavy atom. The number of carbonyl (C=O) groups is 2. The Kier molecular flexibility index (Phi) is 5.21. The van der Waals surface area contributed by atoms with Crippen LogP contribution in [-0.2, 0) is 4.74 Å². The lowest BCUT2D eigenvalue weighted by Crippen LogP contribution is -2.32. The predicted molar refractivity (Wildman–Crippen MR) is 94.3 cm³/mol. The first-order valence-electron chi connectivity index (χ1n) is 8.09. The second-order valence-corrected chi connectivity index (χ2v) is 6.75. The Labute approximate surface area is 146 Å². The molecule has 6 nitrogen and oxygen atoms in total. The van der Waals surface area contributed by atoms with Gasteiger partial charge in [-0.15, -0.1) is 0 Å². The highest BCUT2D eigenvalue weighted by Gasteiger charge is 2.28. The van der Waals surface area contributed by atoms with Crippen molar-refractivity contribution in [2.45, 2.75) is 34.6 Å². The molecule has 0 radical (unpaired) electrons. The molecule has 6 heteroatoms. The van der Waals surface area contributed by atoms with Crippen molar-refractivity contribution in [3.63, 3.8) is 0 Å². The van der Waals surface area contributed by atoms with Crippen molar-refractivity contribution in [2.75, 3.05) is 6.61 Å². The fraction of sp³-hybridized carbons (Fsp3) is 0.368. The number of Topliss-reactive ketones (excluding diaryl/α,β-unsaturated/α-hetero) is 1. The van der Waals surface area contributed by atoms with E-state index < -0.39 is 16.9 Å². The summed E-state index contributed by atoms with van der Waals surface area (Å²) in [6.45, 7) is 8.87. The molecule has 1 aromatic carbocycles. The summed E-state index contributed by atoms with van der Waals surface area (Å²) in [5, 5.41) is 4.22. The summed E-state index contributed by atoms with van der Waals surface area (Å²) >= 11 is 0. The van der Waals surface area contributed by atoms with Crippen LogP contribution in [0.15, 0.2) is 35.1 Å². The monoisotopic (exact) mass is 342 g/mol. The fourth-order valence-corrected chi connectivity index (χ4v) is 2.31. The van der Waals surface area contributed by atoms with Crippen LogP contribution in [0.1, 0.15) is 54.1 Å². The van der Waals surface area contributed by atoms with E-state index in [2.05, 4.69) is 5.10 Å². The Hall–Kier alpha value is -2.76. The minimum atomic E-state index is -0.764. The van der Waals surface area contributed by atoms with Crippen molar-refractivity contribution in [1.29, 1.82) is 0 Å². The number of para-hydroxylation sites is 1. The largest absolute Gasteiger partial charge is 0.462 e. The Morgan fingerprint density at radius 2 is 1.84 bits per heavy atom. The second-order valence-electron chi connectivity index (χ2n) is 6.75. The summed E-state index contributed by atoms with van der Waals surface area (Å²) in [5.41, 5.74) is -0.148. The molecule has 0 aliphatic carbocycles. The molecule has 1 aromatic heterocycles. The highest BCUT2D eigenvalue weighted by molar-refractivity contribution is 6.00. The molecular formula is C19H22N2O4. The first kappa shape index (κ1) is 18.6. The normalized spacial score (nSPS) is 11.2. The molecule has 0 amide bonds. The third kappa shape index (κ3) is 3.84. The van der Waals surface area contributed by atoms with Gasteiger partial charge in [0, 0.05) is 5.41 Å². The lowest BCUT2D eigenvalue weighted by Gasteiger charge is -2.17. The summed E-state index contributed by atoms with van der Waals surface area (Å²) in [5.74, 6) is -1.03. The Morgan fingerprint density at radius 1 is 1.20 bits per heavy atom. The molecule has 0 saturated heterocycles. The zero-order valence-corrected chi connectivity index (χ0v) is 15.1. The van der Waals surface area contributed by atoms with Gasteiger partial charge in [0.05, 0.1) is 12.3 Å². The lowest BCUT2D eigenvalue weighted by atomic mass is 9.88. The van der Waals surface area contributed by atoms with E-state index in [4.69, 9.17) is 4.74 Å². The molecule has 1 heterocycles. The van der Waals surface area contributed by atoms with Gasteiger partial charge < -0.3 is 4.74 Å². The molecular weight excluding hydrogens is 320 g/mol. The molecule has 2 rings (SSSR count). The molecule has 0 N–H and O–H groups in total. The number of esters is 1. The minimum Gasteiger partial charge on any atom is -0.462 e. The number of aryl methyl sites for hydroxylation is 1. The van der Waals surface area contributed by atoms with Gasteiger partial charge >= 0.3 is 5.97 Å². The van der Waals surface area contributed by atoms with Crippen LogP contribution in [0.25, 0.3) is 5.69 Å². The van der Waals surface area contributed by atoms with Crippen LogP contribution in [-0.4, -0.2) is 28.1 Å². The standard InChI is InChI=1S/C19H22N2O4/c1-6-25-18(24)13-11-14(16(22)19(3,4)5)20-21(17(13)23)15-10-8-7-9-12(15)2/h7-11H,6H2,1-5H3. The summed E-state index contributed by atoms with van der Waals surface area (Å²) in [7, 11) is 0. The molecule has 0 aliphatic heterocycles. The van der Waals surface area contributed by atoms with Gasteiger partial charge in [-0.1, -0.05) is 39.0 Å². The van der Waals surface area contributed by atoms with E-state index in [0.29, 0.717) is 5.69 Å². The molecule has 2 aromatic rings. The van der Waals surface area contributed by atoms with E-state index >= 15 is 0 Å². The zero-order chi connectivity index (χ0) is 18.8. The van der Waals surface area contributed by atoms with Crippen LogP contribution in [0.3, 0.4) is 0 Å². The third-order valence-electron chi connectivity index (χ3n) is 3.66. The Balaban J connectivity index is 2.77. The molecule has 132 valence electrons. The summed E-state index contributed by atoms with van der Waals surface area (Å²) in [6, 6.07) is 8.36. The molecule has 0 spiro atoms. The number of ether oxygens (including phenoxy) is 1. The number of hydrogen-bond donors (Lipinski definition) is 0. The van der Waals surface area contributed by atoms with Crippen molar-refractivity contribution in [2.24, 2.45) is 5.41 Å². The maximum Gasteiger partial charge on any atom is 0.343 e. The predicted octanol–water partition coefficient (Wildman–Crippen LogP) is 2.95. The topological polar surface area (TPSA) is 78.3 Å². The van der Waals surface area contributed by atoms with Gasteiger partial charge in [-0.25, -0.2) is 4.79 Å². The minimum absolute atomic E-state index is 0.0541. The van der Waals surface area contributed by atoms with E-state index in [0.717, 1.165) is 10.2 Å². The van der Waals surface area contributed by atoms with Crippen LogP contribution in [0.5, 0.6) is 0 Å².